The summed E-state index contributed by atoms with van der Waals surface area (Å²) in [7, 11) is 0. The summed E-state index contributed by atoms with van der Waals surface area (Å²) in [5, 5.41) is 3.41. The maximum Gasteiger partial charge on any atom is 0.250 e. The van der Waals surface area contributed by atoms with Crippen molar-refractivity contribution in [3.8, 4) is 0 Å². The third-order valence-corrected chi connectivity index (χ3v) is 3.87. The van der Waals surface area contributed by atoms with E-state index in [9.17, 15) is 4.79 Å². The Hall–Kier alpha value is -1.51. The van der Waals surface area contributed by atoms with Crippen LogP contribution in [0.5, 0.6) is 0 Å². The zero-order valence-electron chi connectivity index (χ0n) is 12.7. The molecule has 1 amide bonds. The molecule has 2 rings (SSSR count). The minimum absolute atomic E-state index is 0.128. The Morgan fingerprint density at radius 2 is 1.68 bits per heavy atom. The highest BCUT2D eigenvalue weighted by atomic mass is 16.2. The lowest BCUT2D eigenvalue weighted by Gasteiger charge is -2.39. The summed E-state index contributed by atoms with van der Waals surface area (Å²) in [6.45, 7) is 12.5. The van der Waals surface area contributed by atoms with Gasteiger partial charge in [0.05, 0.1) is 11.4 Å². The molecule has 0 aliphatic carbocycles. The van der Waals surface area contributed by atoms with E-state index in [1.165, 1.54) is 11.1 Å². The van der Waals surface area contributed by atoms with Crippen LogP contribution in [0.4, 0.5) is 11.4 Å². The van der Waals surface area contributed by atoms with E-state index in [-0.39, 0.29) is 23.9 Å². The van der Waals surface area contributed by atoms with Crippen LogP contribution in [0.25, 0.3) is 0 Å². The molecule has 3 nitrogen and oxygen atoms in total. The van der Waals surface area contributed by atoms with Crippen molar-refractivity contribution < 1.29 is 4.79 Å². The second kappa shape index (κ2) is 4.87. The number of nitrogens with one attached hydrogen (secondary N) is 1. The summed E-state index contributed by atoms with van der Waals surface area (Å²) in [4.78, 5) is 14.6. The Kier molecular flexibility index (Phi) is 3.57. The van der Waals surface area contributed by atoms with Crippen molar-refractivity contribution in [3.63, 3.8) is 0 Å². The first-order chi connectivity index (χ1) is 8.82. The molecule has 1 atom stereocenters. The van der Waals surface area contributed by atoms with Gasteiger partial charge in [-0.1, -0.05) is 13.8 Å². The number of amides is 1. The zero-order valence-corrected chi connectivity index (χ0v) is 12.7. The lowest BCUT2D eigenvalue weighted by Crippen LogP contribution is -2.52. The highest BCUT2D eigenvalue weighted by Crippen LogP contribution is 2.36. The van der Waals surface area contributed by atoms with Crippen molar-refractivity contribution in [2.24, 2.45) is 5.92 Å². The van der Waals surface area contributed by atoms with Gasteiger partial charge in [-0.05, 0) is 56.9 Å². The normalized spacial score (nSPS) is 18.8. The summed E-state index contributed by atoms with van der Waals surface area (Å²) >= 11 is 0. The first kappa shape index (κ1) is 13.9. The van der Waals surface area contributed by atoms with Crippen LogP contribution in [0.2, 0.25) is 0 Å². The fraction of sp³-hybridized carbons (Fsp3) is 0.562. The van der Waals surface area contributed by atoms with Gasteiger partial charge in [0.25, 0.3) is 0 Å². The molecule has 1 unspecified atom stereocenters. The van der Waals surface area contributed by atoms with E-state index in [1.807, 2.05) is 4.90 Å². The van der Waals surface area contributed by atoms with Gasteiger partial charge in [0.1, 0.15) is 6.04 Å². The second-order valence-corrected chi connectivity index (χ2v) is 6.12. The molecular weight excluding hydrogens is 236 g/mol. The molecule has 0 saturated heterocycles. The smallest absolute Gasteiger partial charge is 0.250 e. The molecule has 1 aromatic rings. The SMILES string of the molecule is Cc1cc2c(cc1C)N(C(C)C)C(=O)C(C(C)C)N2. The number of rotatable bonds is 2. The number of hydrogen-bond acceptors (Lipinski definition) is 2. The summed E-state index contributed by atoms with van der Waals surface area (Å²) in [5.74, 6) is 0.462. The first-order valence-electron chi connectivity index (χ1n) is 7.03. The number of carbonyl (C=O) groups excluding carboxylic acids is 1. The van der Waals surface area contributed by atoms with Gasteiger partial charge in [0, 0.05) is 6.04 Å². The summed E-state index contributed by atoms with van der Waals surface area (Å²) < 4.78 is 0. The van der Waals surface area contributed by atoms with Gasteiger partial charge in [-0.3, -0.25) is 4.79 Å². The molecular formula is C16H24N2O. The average Bonchev–Trinajstić information content (AvgIpc) is 2.29. The molecule has 0 spiro atoms. The van der Waals surface area contributed by atoms with E-state index < -0.39 is 0 Å². The van der Waals surface area contributed by atoms with E-state index in [0.29, 0.717) is 0 Å². The van der Waals surface area contributed by atoms with Crippen LogP contribution < -0.4 is 10.2 Å². The van der Waals surface area contributed by atoms with Crippen molar-refractivity contribution in [1.82, 2.24) is 0 Å². The molecule has 0 fully saturated rings. The van der Waals surface area contributed by atoms with Gasteiger partial charge in [-0.25, -0.2) is 0 Å². The Morgan fingerprint density at radius 1 is 1.11 bits per heavy atom. The van der Waals surface area contributed by atoms with E-state index in [4.69, 9.17) is 0 Å². The van der Waals surface area contributed by atoms with Gasteiger partial charge in [-0.2, -0.15) is 0 Å². The Morgan fingerprint density at radius 3 is 2.21 bits per heavy atom. The van der Waals surface area contributed by atoms with Crippen LogP contribution in [0.1, 0.15) is 38.8 Å². The molecule has 19 heavy (non-hydrogen) atoms. The number of nitrogens with zero attached hydrogens (tertiary/aromatic N) is 1. The summed E-state index contributed by atoms with van der Waals surface area (Å²) in [6.07, 6.45) is 0. The maximum atomic E-state index is 12.6. The van der Waals surface area contributed by atoms with Crippen molar-refractivity contribution in [2.75, 3.05) is 10.2 Å². The topological polar surface area (TPSA) is 32.3 Å². The largest absolute Gasteiger partial charge is 0.372 e. The highest BCUT2D eigenvalue weighted by Gasteiger charge is 2.35. The molecule has 0 aromatic heterocycles. The van der Waals surface area contributed by atoms with Crippen molar-refractivity contribution in [2.45, 2.75) is 53.6 Å². The lowest BCUT2D eigenvalue weighted by atomic mass is 9.96. The molecule has 1 aliphatic heterocycles. The predicted molar refractivity (Wildman–Crippen MR) is 80.8 cm³/mol. The van der Waals surface area contributed by atoms with Crippen LogP contribution in [0.3, 0.4) is 0 Å². The van der Waals surface area contributed by atoms with E-state index in [0.717, 1.165) is 11.4 Å². The Labute approximate surface area is 116 Å². The quantitative estimate of drug-likeness (QED) is 0.882. The van der Waals surface area contributed by atoms with Gasteiger partial charge >= 0.3 is 0 Å². The summed E-state index contributed by atoms with van der Waals surface area (Å²) in [6, 6.07) is 4.32. The number of fused-ring (bicyclic) bond motifs is 1. The molecule has 0 bridgehead atoms. The lowest BCUT2D eigenvalue weighted by molar-refractivity contribution is -0.120. The minimum atomic E-state index is -0.128. The third-order valence-electron chi connectivity index (χ3n) is 3.87. The van der Waals surface area contributed by atoms with Crippen LogP contribution in [-0.4, -0.2) is 18.0 Å². The molecule has 0 saturated carbocycles. The van der Waals surface area contributed by atoms with Crippen molar-refractivity contribution in [3.05, 3.63) is 23.3 Å². The van der Waals surface area contributed by atoms with Gasteiger partial charge < -0.3 is 10.2 Å². The molecule has 104 valence electrons. The minimum Gasteiger partial charge on any atom is -0.372 e. The average molecular weight is 260 g/mol. The van der Waals surface area contributed by atoms with Crippen molar-refractivity contribution in [1.29, 1.82) is 0 Å². The van der Waals surface area contributed by atoms with Crippen LogP contribution in [0, 0.1) is 19.8 Å². The van der Waals surface area contributed by atoms with E-state index in [1.54, 1.807) is 0 Å². The number of hydrogen-bond donors (Lipinski definition) is 1. The van der Waals surface area contributed by atoms with Gasteiger partial charge in [-0.15, -0.1) is 0 Å². The van der Waals surface area contributed by atoms with E-state index >= 15 is 0 Å². The molecule has 1 aliphatic rings. The van der Waals surface area contributed by atoms with E-state index in [2.05, 4.69) is 59.0 Å². The fourth-order valence-corrected chi connectivity index (χ4v) is 2.60. The van der Waals surface area contributed by atoms with Crippen molar-refractivity contribution >= 4 is 17.3 Å². The van der Waals surface area contributed by atoms with Gasteiger partial charge in [0.2, 0.25) is 5.91 Å². The highest BCUT2D eigenvalue weighted by molar-refractivity contribution is 6.05. The molecule has 1 heterocycles. The monoisotopic (exact) mass is 260 g/mol. The molecule has 3 heteroatoms. The van der Waals surface area contributed by atoms with Gasteiger partial charge in [0.15, 0.2) is 0 Å². The number of benzene rings is 1. The van der Waals surface area contributed by atoms with Crippen LogP contribution >= 0.6 is 0 Å². The van der Waals surface area contributed by atoms with Crippen LogP contribution in [0.15, 0.2) is 12.1 Å². The molecule has 1 N–H and O–H groups in total. The Bertz CT molecular complexity index is 506. The summed E-state index contributed by atoms with van der Waals surface area (Å²) in [5.41, 5.74) is 4.57. The maximum absolute atomic E-state index is 12.6. The second-order valence-electron chi connectivity index (χ2n) is 6.12. The predicted octanol–water partition coefficient (Wildman–Crippen LogP) is 3.49. The number of carbonyl (C=O) groups is 1. The Balaban J connectivity index is 2.56. The zero-order chi connectivity index (χ0) is 14.3. The molecule has 0 radical (unpaired) electrons. The molecule has 1 aromatic carbocycles. The third kappa shape index (κ3) is 2.34. The fourth-order valence-electron chi connectivity index (χ4n) is 2.60. The first-order valence-corrected chi connectivity index (χ1v) is 7.03. The number of anilines is 2. The van der Waals surface area contributed by atoms with Crippen LogP contribution in [-0.2, 0) is 4.79 Å². The number of aryl methyl sites for hydroxylation is 2. The standard InChI is InChI=1S/C16H24N2O/c1-9(2)15-16(19)18(10(3)4)14-8-12(6)11(5)7-13(14)17-15/h7-10,15,17H,1-6H3.